The summed E-state index contributed by atoms with van der Waals surface area (Å²) >= 11 is 1.41. The van der Waals surface area contributed by atoms with Gasteiger partial charge in [0.1, 0.15) is 5.01 Å². The van der Waals surface area contributed by atoms with Gasteiger partial charge in [-0.3, -0.25) is 4.79 Å². The summed E-state index contributed by atoms with van der Waals surface area (Å²) in [6.45, 7) is 1.86. The van der Waals surface area contributed by atoms with E-state index in [0.717, 1.165) is 21.8 Å². The standard InChI is InChI=1S/C21H19NO3S/c1-14-20(26-21(22-14)16-7-5-4-6-8-16)17(23)11-9-15-10-12-18(24-2)19(13-15)25-3/h4-13H,1-3H3/b11-9+. The summed E-state index contributed by atoms with van der Waals surface area (Å²) < 4.78 is 10.5. The van der Waals surface area contributed by atoms with Crippen LogP contribution < -0.4 is 9.47 Å². The number of hydrogen-bond donors (Lipinski definition) is 0. The van der Waals surface area contributed by atoms with Crippen molar-refractivity contribution in [3.05, 3.63) is 70.7 Å². The van der Waals surface area contributed by atoms with E-state index in [2.05, 4.69) is 4.98 Å². The van der Waals surface area contributed by atoms with Crippen molar-refractivity contribution in [2.75, 3.05) is 14.2 Å². The molecule has 3 rings (SSSR count). The highest BCUT2D eigenvalue weighted by molar-refractivity contribution is 7.17. The Balaban J connectivity index is 1.82. The van der Waals surface area contributed by atoms with Crippen LogP contribution in [0.2, 0.25) is 0 Å². The van der Waals surface area contributed by atoms with Crippen molar-refractivity contribution in [1.82, 2.24) is 4.98 Å². The third-order valence-corrected chi connectivity index (χ3v) is 5.10. The van der Waals surface area contributed by atoms with E-state index in [1.807, 2.05) is 55.5 Å². The molecule has 3 aromatic rings. The third-order valence-electron chi connectivity index (χ3n) is 3.88. The van der Waals surface area contributed by atoms with Gasteiger partial charge in [0, 0.05) is 5.56 Å². The molecule has 0 fully saturated rings. The van der Waals surface area contributed by atoms with Gasteiger partial charge in [0.05, 0.1) is 24.8 Å². The molecule has 1 heterocycles. The molecule has 0 spiro atoms. The van der Waals surface area contributed by atoms with Gasteiger partial charge in [0.25, 0.3) is 0 Å². The average molecular weight is 365 g/mol. The summed E-state index contributed by atoms with van der Waals surface area (Å²) in [5.41, 5.74) is 2.63. The Bertz CT molecular complexity index is 945. The highest BCUT2D eigenvalue weighted by Crippen LogP contribution is 2.30. The van der Waals surface area contributed by atoms with Crippen LogP contribution >= 0.6 is 11.3 Å². The fourth-order valence-electron chi connectivity index (χ4n) is 2.53. The highest BCUT2D eigenvalue weighted by Gasteiger charge is 2.14. The number of nitrogens with zero attached hydrogens (tertiary/aromatic N) is 1. The topological polar surface area (TPSA) is 48.4 Å². The van der Waals surface area contributed by atoms with Gasteiger partial charge in [0.15, 0.2) is 17.3 Å². The summed E-state index contributed by atoms with van der Waals surface area (Å²) in [7, 11) is 3.18. The summed E-state index contributed by atoms with van der Waals surface area (Å²) in [6, 6.07) is 15.4. The van der Waals surface area contributed by atoms with E-state index in [1.165, 1.54) is 11.3 Å². The molecule has 0 aliphatic carbocycles. The monoisotopic (exact) mass is 365 g/mol. The second kappa shape index (κ2) is 7.97. The van der Waals surface area contributed by atoms with Gasteiger partial charge in [-0.2, -0.15) is 0 Å². The minimum absolute atomic E-state index is 0.0584. The number of rotatable bonds is 6. The minimum atomic E-state index is -0.0584. The summed E-state index contributed by atoms with van der Waals surface area (Å²) in [4.78, 5) is 17.8. The lowest BCUT2D eigenvalue weighted by atomic mass is 10.1. The molecule has 0 saturated carbocycles. The number of ether oxygens (including phenoxy) is 2. The van der Waals surface area contributed by atoms with Crippen molar-refractivity contribution in [3.8, 4) is 22.1 Å². The molecule has 0 radical (unpaired) electrons. The lowest BCUT2D eigenvalue weighted by Gasteiger charge is -2.07. The molecule has 4 nitrogen and oxygen atoms in total. The molecule has 0 amide bonds. The fraction of sp³-hybridized carbons (Fsp3) is 0.143. The zero-order valence-electron chi connectivity index (χ0n) is 14.9. The Labute approximate surface area is 156 Å². The van der Waals surface area contributed by atoms with Gasteiger partial charge in [0.2, 0.25) is 0 Å². The predicted molar refractivity (Wildman–Crippen MR) is 105 cm³/mol. The Kier molecular flexibility index (Phi) is 5.49. The van der Waals surface area contributed by atoms with E-state index in [1.54, 1.807) is 26.4 Å². The number of aryl methyl sites for hydroxylation is 1. The van der Waals surface area contributed by atoms with Crippen LogP contribution in [-0.4, -0.2) is 25.0 Å². The lowest BCUT2D eigenvalue weighted by molar-refractivity contribution is 0.105. The Hall–Kier alpha value is -2.92. The lowest BCUT2D eigenvalue weighted by Crippen LogP contribution is -1.93. The molecule has 26 heavy (non-hydrogen) atoms. The Morgan fingerprint density at radius 3 is 2.46 bits per heavy atom. The number of thiazole rings is 1. The molecule has 0 bridgehead atoms. The van der Waals surface area contributed by atoms with Gasteiger partial charge >= 0.3 is 0 Å². The smallest absolute Gasteiger partial charge is 0.197 e. The maximum atomic E-state index is 12.6. The minimum Gasteiger partial charge on any atom is -0.493 e. The molecule has 0 saturated heterocycles. The predicted octanol–water partition coefficient (Wildman–Crippen LogP) is 5.03. The quantitative estimate of drug-likeness (QED) is 0.454. The molecule has 1 aromatic heterocycles. The number of ketones is 1. The highest BCUT2D eigenvalue weighted by atomic mass is 32.1. The van der Waals surface area contributed by atoms with Crippen LogP contribution in [-0.2, 0) is 0 Å². The second-order valence-electron chi connectivity index (χ2n) is 5.61. The van der Waals surface area contributed by atoms with Crippen LogP contribution in [0.1, 0.15) is 20.9 Å². The van der Waals surface area contributed by atoms with Crippen LogP contribution in [0.15, 0.2) is 54.6 Å². The summed E-state index contributed by atoms with van der Waals surface area (Å²) in [6.07, 6.45) is 3.34. The van der Waals surface area contributed by atoms with Gasteiger partial charge in [-0.05, 0) is 30.7 Å². The number of carbonyl (C=O) groups is 1. The van der Waals surface area contributed by atoms with E-state index in [-0.39, 0.29) is 5.78 Å². The number of methoxy groups -OCH3 is 2. The SMILES string of the molecule is COc1ccc(/C=C/C(=O)c2sc(-c3ccccc3)nc2C)cc1OC. The van der Waals surface area contributed by atoms with Crippen LogP contribution in [0, 0.1) is 6.92 Å². The zero-order valence-corrected chi connectivity index (χ0v) is 15.7. The first-order valence-electron chi connectivity index (χ1n) is 8.09. The average Bonchev–Trinajstić information content (AvgIpc) is 3.08. The number of hydrogen-bond acceptors (Lipinski definition) is 5. The maximum absolute atomic E-state index is 12.6. The van der Waals surface area contributed by atoms with Crippen LogP contribution in [0.25, 0.3) is 16.6 Å². The molecule has 0 aliphatic heterocycles. The van der Waals surface area contributed by atoms with Gasteiger partial charge < -0.3 is 9.47 Å². The van der Waals surface area contributed by atoms with Crippen LogP contribution in [0.5, 0.6) is 11.5 Å². The van der Waals surface area contributed by atoms with Gasteiger partial charge in [-0.1, -0.05) is 42.5 Å². The molecular formula is C21H19NO3S. The Morgan fingerprint density at radius 2 is 1.77 bits per heavy atom. The summed E-state index contributed by atoms with van der Waals surface area (Å²) in [5.74, 6) is 1.22. The first-order chi connectivity index (χ1) is 12.6. The number of benzene rings is 2. The molecular weight excluding hydrogens is 346 g/mol. The largest absolute Gasteiger partial charge is 0.493 e. The molecule has 0 atom stereocenters. The third kappa shape index (κ3) is 3.83. The van der Waals surface area contributed by atoms with Crippen molar-refractivity contribution in [2.24, 2.45) is 0 Å². The first kappa shape index (κ1) is 17.9. The van der Waals surface area contributed by atoms with E-state index < -0.39 is 0 Å². The van der Waals surface area contributed by atoms with E-state index in [0.29, 0.717) is 16.4 Å². The van der Waals surface area contributed by atoms with Crippen molar-refractivity contribution < 1.29 is 14.3 Å². The maximum Gasteiger partial charge on any atom is 0.197 e. The molecule has 0 unspecified atom stereocenters. The Morgan fingerprint density at radius 1 is 1.04 bits per heavy atom. The number of aromatic nitrogens is 1. The van der Waals surface area contributed by atoms with Crippen LogP contribution in [0.3, 0.4) is 0 Å². The molecule has 0 aliphatic rings. The second-order valence-corrected chi connectivity index (χ2v) is 6.61. The molecule has 0 N–H and O–H groups in total. The fourth-order valence-corrected chi connectivity index (χ4v) is 3.53. The first-order valence-corrected chi connectivity index (χ1v) is 8.91. The van der Waals surface area contributed by atoms with Crippen molar-refractivity contribution in [3.63, 3.8) is 0 Å². The van der Waals surface area contributed by atoms with Crippen molar-refractivity contribution >= 4 is 23.2 Å². The number of allylic oxidation sites excluding steroid dienone is 1. The van der Waals surface area contributed by atoms with E-state index in [4.69, 9.17) is 9.47 Å². The molecule has 5 heteroatoms. The van der Waals surface area contributed by atoms with Gasteiger partial charge in [-0.25, -0.2) is 4.98 Å². The molecule has 2 aromatic carbocycles. The molecule has 132 valence electrons. The van der Waals surface area contributed by atoms with Crippen molar-refractivity contribution in [1.29, 1.82) is 0 Å². The normalized spacial score (nSPS) is 10.9. The van der Waals surface area contributed by atoms with Crippen LogP contribution in [0.4, 0.5) is 0 Å². The summed E-state index contributed by atoms with van der Waals surface area (Å²) in [5, 5.41) is 0.853. The van der Waals surface area contributed by atoms with E-state index >= 15 is 0 Å². The van der Waals surface area contributed by atoms with Gasteiger partial charge in [-0.15, -0.1) is 11.3 Å². The van der Waals surface area contributed by atoms with E-state index in [9.17, 15) is 4.79 Å². The van der Waals surface area contributed by atoms with Crippen molar-refractivity contribution in [2.45, 2.75) is 6.92 Å². The zero-order chi connectivity index (χ0) is 18.5. The number of carbonyl (C=O) groups excluding carboxylic acids is 1.